The molecule has 106 valence electrons. The normalized spacial score (nSPS) is 22.7. The number of alkyl halides is 3. The maximum absolute atomic E-state index is 12.5. The first-order valence-corrected chi connectivity index (χ1v) is 6.45. The van der Waals surface area contributed by atoms with E-state index in [1.54, 1.807) is 12.1 Å². The molecule has 1 aromatic carbocycles. The molecule has 1 N–H and O–H groups in total. The number of benzene rings is 1. The van der Waals surface area contributed by atoms with Gasteiger partial charge in [0.25, 0.3) is 0 Å². The highest BCUT2D eigenvalue weighted by atomic mass is 19.4. The van der Waals surface area contributed by atoms with Gasteiger partial charge in [0.05, 0.1) is 5.56 Å². The predicted molar refractivity (Wildman–Crippen MR) is 68.8 cm³/mol. The molecule has 0 saturated carbocycles. The third kappa shape index (κ3) is 3.28. The quantitative estimate of drug-likeness (QED) is 0.910. The van der Waals surface area contributed by atoms with E-state index in [9.17, 15) is 13.2 Å². The maximum atomic E-state index is 12.5. The van der Waals surface area contributed by atoms with E-state index in [2.05, 4.69) is 17.3 Å². The minimum Gasteiger partial charge on any atom is -0.313 e. The number of likely N-dealkylation sites (tertiary alicyclic amines) is 1. The minimum atomic E-state index is -4.26. The predicted octanol–water partition coefficient (Wildman–Crippen LogP) is 2.92. The van der Waals surface area contributed by atoms with Crippen molar-refractivity contribution in [2.24, 2.45) is 5.92 Å². The summed E-state index contributed by atoms with van der Waals surface area (Å²) in [5, 5.41) is 3.23. The molecule has 19 heavy (non-hydrogen) atoms. The molecule has 2 unspecified atom stereocenters. The van der Waals surface area contributed by atoms with E-state index in [4.69, 9.17) is 0 Å². The van der Waals surface area contributed by atoms with E-state index < -0.39 is 11.7 Å². The standard InChI is InChI=1S/C14H19F3N2/c1-18-13(11-7-8-19(2)9-11)10-3-5-12(6-4-10)14(15,16)17/h3-6,11,13,18H,7-9H2,1-2H3. The molecule has 1 heterocycles. The molecule has 2 atom stereocenters. The van der Waals surface area contributed by atoms with Crippen LogP contribution in [0.2, 0.25) is 0 Å². The Morgan fingerprint density at radius 3 is 2.32 bits per heavy atom. The van der Waals surface area contributed by atoms with Crippen molar-refractivity contribution in [3.05, 3.63) is 35.4 Å². The highest BCUT2D eigenvalue weighted by Gasteiger charge is 2.31. The third-order valence-electron chi connectivity index (χ3n) is 3.81. The Balaban J connectivity index is 2.15. The molecular formula is C14H19F3N2. The number of hydrogen-bond acceptors (Lipinski definition) is 2. The first-order chi connectivity index (χ1) is 8.91. The molecule has 1 saturated heterocycles. The summed E-state index contributed by atoms with van der Waals surface area (Å²) in [5.41, 5.74) is 0.338. The number of halogens is 3. The van der Waals surface area contributed by atoms with Crippen molar-refractivity contribution < 1.29 is 13.2 Å². The minimum absolute atomic E-state index is 0.118. The smallest absolute Gasteiger partial charge is 0.313 e. The topological polar surface area (TPSA) is 15.3 Å². The molecule has 5 heteroatoms. The number of rotatable bonds is 3. The molecule has 0 radical (unpaired) electrons. The lowest BCUT2D eigenvalue weighted by Gasteiger charge is -2.24. The van der Waals surface area contributed by atoms with Crippen molar-refractivity contribution in [2.75, 3.05) is 27.2 Å². The van der Waals surface area contributed by atoms with Crippen LogP contribution in [-0.2, 0) is 6.18 Å². The number of nitrogens with one attached hydrogen (secondary N) is 1. The summed E-state index contributed by atoms with van der Waals surface area (Å²) in [7, 11) is 3.93. The zero-order valence-electron chi connectivity index (χ0n) is 11.2. The van der Waals surface area contributed by atoms with Crippen molar-refractivity contribution in [3.8, 4) is 0 Å². The summed E-state index contributed by atoms with van der Waals surface area (Å²) in [5.74, 6) is 0.451. The fourth-order valence-corrected chi connectivity index (χ4v) is 2.80. The average Bonchev–Trinajstić information content (AvgIpc) is 2.76. The Morgan fingerprint density at radius 2 is 1.89 bits per heavy atom. The first kappa shape index (κ1) is 14.3. The Labute approximate surface area is 111 Å². The fourth-order valence-electron chi connectivity index (χ4n) is 2.80. The van der Waals surface area contributed by atoms with Gasteiger partial charge in [-0.05, 0) is 50.7 Å². The molecule has 0 aliphatic carbocycles. The molecule has 0 aromatic heterocycles. The zero-order valence-corrected chi connectivity index (χ0v) is 11.2. The summed E-state index contributed by atoms with van der Waals surface area (Å²) in [6.45, 7) is 2.02. The van der Waals surface area contributed by atoms with Crippen LogP contribution in [0, 0.1) is 5.92 Å². The Kier molecular flexibility index (Phi) is 4.16. The molecule has 2 nitrogen and oxygen atoms in total. The molecule has 1 aliphatic heterocycles. The lowest BCUT2D eigenvalue weighted by Crippen LogP contribution is -2.27. The molecule has 0 spiro atoms. The molecule has 1 fully saturated rings. The van der Waals surface area contributed by atoms with E-state index in [1.165, 1.54) is 12.1 Å². The second-order valence-corrected chi connectivity index (χ2v) is 5.20. The zero-order chi connectivity index (χ0) is 14.0. The van der Waals surface area contributed by atoms with E-state index in [0.29, 0.717) is 5.92 Å². The Hall–Kier alpha value is -1.07. The molecule has 1 aromatic rings. The Morgan fingerprint density at radius 1 is 1.26 bits per heavy atom. The van der Waals surface area contributed by atoms with Gasteiger partial charge < -0.3 is 10.2 Å². The van der Waals surface area contributed by atoms with Gasteiger partial charge in [0.15, 0.2) is 0 Å². The van der Waals surface area contributed by atoms with E-state index in [1.807, 2.05) is 7.05 Å². The summed E-state index contributed by atoms with van der Waals surface area (Å²) in [6.07, 6.45) is -3.19. The van der Waals surface area contributed by atoms with Gasteiger partial charge >= 0.3 is 6.18 Å². The third-order valence-corrected chi connectivity index (χ3v) is 3.81. The van der Waals surface area contributed by atoms with Crippen LogP contribution in [0.4, 0.5) is 13.2 Å². The van der Waals surface area contributed by atoms with Crippen LogP contribution >= 0.6 is 0 Å². The van der Waals surface area contributed by atoms with Gasteiger partial charge in [-0.15, -0.1) is 0 Å². The van der Waals surface area contributed by atoms with E-state index in [0.717, 1.165) is 25.1 Å². The summed E-state index contributed by atoms with van der Waals surface area (Å²) >= 11 is 0. The van der Waals surface area contributed by atoms with Crippen molar-refractivity contribution in [1.82, 2.24) is 10.2 Å². The molecule has 2 rings (SSSR count). The van der Waals surface area contributed by atoms with Crippen LogP contribution in [-0.4, -0.2) is 32.1 Å². The van der Waals surface area contributed by atoms with Crippen LogP contribution in [0.25, 0.3) is 0 Å². The highest BCUT2D eigenvalue weighted by molar-refractivity contribution is 5.27. The lowest BCUT2D eigenvalue weighted by molar-refractivity contribution is -0.137. The van der Waals surface area contributed by atoms with Crippen LogP contribution in [0.3, 0.4) is 0 Å². The maximum Gasteiger partial charge on any atom is 0.416 e. The van der Waals surface area contributed by atoms with Gasteiger partial charge in [0.1, 0.15) is 0 Å². The fraction of sp³-hybridized carbons (Fsp3) is 0.571. The molecule has 0 bridgehead atoms. The monoisotopic (exact) mass is 272 g/mol. The van der Waals surface area contributed by atoms with Gasteiger partial charge in [0, 0.05) is 12.6 Å². The largest absolute Gasteiger partial charge is 0.416 e. The SMILES string of the molecule is CNC(c1ccc(C(F)(F)F)cc1)C1CCN(C)C1. The Bertz CT molecular complexity index is 414. The number of hydrogen-bond donors (Lipinski definition) is 1. The molecule has 0 amide bonds. The lowest BCUT2D eigenvalue weighted by atomic mass is 9.92. The first-order valence-electron chi connectivity index (χ1n) is 6.45. The van der Waals surface area contributed by atoms with Crippen LogP contribution in [0.15, 0.2) is 24.3 Å². The highest BCUT2D eigenvalue weighted by Crippen LogP contribution is 2.33. The molecular weight excluding hydrogens is 253 g/mol. The van der Waals surface area contributed by atoms with Crippen molar-refractivity contribution in [2.45, 2.75) is 18.6 Å². The van der Waals surface area contributed by atoms with Crippen molar-refractivity contribution in [1.29, 1.82) is 0 Å². The second kappa shape index (κ2) is 5.51. The van der Waals surface area contributed by atoms with Crippen molar-refractivity contribution in [3.63, 3.8) is 0 Å². The summed E-state index contributed by atoms with van der Waals surface area (Å²) in [4.78, 5) is 2.25. The van der Waals surface area contributed by atoms with Gasteiger partial charge in [-0.3, -0.25) is 0 Å². The van der Waals surface area contributed by atoms with Gasteiger partial charge in [-0.25, -0.2) is 0 Å². The summed E-state index contributed by atoms with van der Waals surface area (Å²) < 4.78 is 37.6. The molecule has 1 aliphatic rings. The van der Waals surface area contributed by atoms with Crippen LogP contribution < -0.4 is 5.32 Å². The van der Waals surface area contributed by atoms with Crippen LogP contribution in [0.1, 0.15) is 23.6 Å². The summed E-state index contributed by atoms with van der Waals surface area (Å²) in [6, 6.07) is 5.62. The van der Waals surface area contributed by atoms with Crippen LogP contribution in [0.5, 0.6) is 0 Å². The van der Waals surface area contributed by atoms with Crippen molar-refractivity contribution >= 4 is 0 Å². The van der Waals surface area contributed by atoms with Gasteiger partial charge in [-0.2, -0.15) is 13.2 Å². The van der Waals surface area contributed by atoms with E-state index in [-0.39, 0.29) is 6.04 Å². The number of nitrogens with zero attached hydrogens (tertiary/aromatic N) is 1. The second-order valence-electron chi connectivity index (χ2n) is 5.20. The van der Waals surface area contributed by atoms with E-state index >= 15 is 0 Å². The van der Waals surface area contributed by atoms with Gasteiger partial charge in [-0.1, -0.05) is 12.1 Å². The average molecular weight is 272 g/mol. The van der Waals surface area contributed by atoms with Gasteiger partial charge in [0.2, 0.25) is 0 Å².